The number of para-hydroxylation sites is 2. The molecule has 10 N–H and O–H groups in total. The molecule has 2 aromatic rings. The van der Waals surface area contributed by atoms with Crippen molar-refractivity contribution in [3.05, 3.63) is 47.5 Å². The third-order valence-electron chi connectivity index (χ3n) is 3.81. The topological polar surface area (TPSA) is 231 Å². The molecule has 12 heteroatoms. The van der Waals surface area contributed by atoms with Gasteiger partial charge in [-0.15, -0.1) is 0 Å². The minimum atomic E-state index is -2.44. The molecule has 2 atom stereocenters. The normalized spacial score (nSPS) is 12.5. The molecule has 0 radical (unpaired) electrons. The minimum Gasteiger partial charge on any atom is -0.421 e. The standard InChI is InChI=1S/C18H18N4O8/c19-9-5-1-3-7(15(21)25)13(9)29-17(27)11(23)12(24)18(28)30-14-8(16(22)26)4-2-6-10(14)20/h1-6,11-12,23-24H,19-20H2,(H2,21,25)(H2,22,26). The molecule has 0 bridgehead atoms. The summed E-state index contributed by atoms with van der Waals surface area (Å²) in [5.74, 6) is -5.93. The van der Waals surface area contributed by atoms with E-state index in [9.17, 15) is 29.4 Å². The van der Waals surface area contributed by atoms with Gasteiger partial charge in [0.15, 0.2) is 23.7 Å². The molecular formula is C18H18N4O8. The number of anilines is 2. The summed E-state index contributed by atoms with van der Waals surface area (Å²) in [7, 11) is 0. The van der Waals surface area contributed by atoms with Gasteiger partial charge in [0.25, 0.3) is 11.8 Å². The first-order valence-electron chi connectivity index (χ1n) is 8.20. The second kappa shape index (κ2) is 8.89. The van der Waals surface area contributed by atoms with E-state index < -0.39 is 47.5 Å². The highest BCUT2D eigenvalue weighted by molar-refractivity contribution is 6.00. The van der Waals surface area contributed by atoms with Crippen LogP contribution in [-0.2, 0) is 9.59 Å². The van der Waals surface area contributed by atoms with Crippen molar-refractivity contribution in [2.24, 2.45) is 11.5 Å². The van der Waals surface area contributed by atoms with Crippen LogP contribution in [0.15, 0.2) is 36.4 Å². The summed E-state index contributed by atoms with van der Waals surface area (Å²) in [5, 5.41) is 19.9. The molecule has 2 amide bonds. The second-order valence-electron chi connectivity index (χ2n) is 5.91. The van der Waals surface area contributed by atoms with Crippen molar-refractivity contribution < 1.29 is 38.9 Å². The molecular weight excluding hydrogens is 400 g/mol. The van der Waals surface area contributed by atoms with Crippen LogP contribution in [0.25, 0.3) is 0 Å². The van der Waals surface area contributed by atoms with Crippen LogP contribution in [-0.4, -0.2) is 46.2 Å². The minimum absolute atomic E-state index is 0.160. The van der Waals surface area contributed by atoms with Gasteiger partial charge in [-0.3, -0.25) is 9.59 Å². The van der Waals surface area contributed by atoms with Crippen LogP contribution in [0.3, 0.4) is 0 Å². The Balaban J connectivity index is 2.20. The highest BCUT2D eigenvalue weighted by Gasteiger charge is 2.35. The van der Waals surface area contributed by atoms with Crippen molar-refractivity contribution in [2.45, 2.75) is 12.2 Å². The van der Waals surface area contributed by atoms with E-state index in [1.165, 1.54) is 36.4 Å². The van der Waals surface area contributed by atoms with E-state index in [0.29, 0.717) is 0 Å². The lowest BCUT2D eigenvalue weighted by Gasteiger charge is -2.18. The fourth-order valence-corrected chi connectivity index (χ4v) is 2.31. The zero-order valence-electron chi connectivity index (χ0n) is 15.3. The van der Waals surface area contributed by atoms with Crippen molar-refractivity contribution >= 4 is 35.1 Å². The lowest BCUT2D eigenvalue weighted by atomic mass is 10.1. The molecule has 158 valence electrons. The number of amides is 2. The van der Waals surface area contributed by atoms with Crippen molar-refractivity contribution in [3.63, 3.8) is 0 Å². The lowest BCUT2D eigenvalue weighted by Crippen LogP contribution is -2.44. The van der Waals surface area contributed by atoms with Crippen molar-refractivity contribution in [2.75, 3.05) is 11.5 Å². The van der Waals surface area contributed by atoms with E-state index in [1.807, 2.05) is 0 Å². The Morgan fingerprint density at radius 1 is 0.700 bits per heavy atom. The number of carbonyl (C=O) groups excluding carboxylic acids is 4. The van der Waals surface area contributed by atoms with Gasteiger partial charge in [-0.05, 0) is 24.3 Å². The van der Waals surface area contributed by atoms with Gasteiger partial charge in [-0.25, -0.2) is 9.59 Å². The van der Waals surface area contributed by atoms with Crippen LogP contribution in [0, 0.1) is 0 Å². The van der Waals surface area contributed by atoms with E-state index in [4.69, 9.17) is 32.4 Å². The zero-order valence-corrected chi connectivity index (χ0v) is 15.3. The molecule has 2 aromatic carbocycles. The summed E-state index contributed by atoms with van der Waals surface area (Å²) in [5.41, 5.74) is 20.7. The van der Waals surface area contributed by atoms with Gasteiger partial charge in [0.1, 0.15) is 0 Å². The predicted molar refractivity (Wildman–Crippen MR) is 102 cm³/mol. The number of nitrogen functional groups attached to an aromatic ring is 2. The molecule has 0 aliphatic heterocycles. The second-order valence-corrected chi connectivity index (χ2v) is 5.91. The first kappa shape index (κ1) is 22.1. The summed E-state index contributed by atoms with van der Waals surface area (Å²) in [6, 6.07) is 7.74. The highest BCUT2D eigenvalue weighted by atomic mass is 16.6. The van der Waals surface area contributed by atoms with Crippen LogP contribution < -0.4 is 32.4 Å². The number of esters is 2. The average molecular weight is 418 g/mol. The first-order chi connectivity index (χ1) is 14.0. The van der Waals surface area contributed by atoms with Crippen molar-refractivity contribution in [1.82, 2.24) is 0 Å². The number of nitrogens with two attached hydrogens (primary N) is 4. The lowest BCUT2D eigenvalue weighted by molar-refractivity contribution is -0.162. The SMILES string of the molecule is NC(=O)c1cccc(N)c1OC(=O)C(O)C(O)C(=O)Oc1c(N)cccc1C(N)=O. The zero-order chi connectivity index (χ0) is 22.6. The molecule has 0 saturated heterocycles. The molecule has 0 fully saturated rings. The maximum Gasteiger partial charge on any atom is 0.343 e. The Bertz CT molecular complexity index is 942. The van der Waals surface area contributed by atoms with E-state index in [-0.39, 0.29) is 22.5 Å². The molecule has 0 spiro atoms. The Morgan fingerprint density at radius 3 is 1.33 bits per heavy atom. The number of rotatable bonds is 7. The van der Waals surface area contributed by atoms with E-state index in [0.717, 1.165) is 0 Å². The third-order valence-corrected chi connectivity index (χ3v) is 3.81. The summed E-state index contributed by atoms with van der Waals surface area (Å²) in [4.78, 5) is 47.1. The molecule has 0 heterocycles. The van der Waals surface area contributed by atoms with E-state index in [2.05, 4.69) is 0 Å². The fourth-order valence-electron chi connectivity index (χ4n) is 2.31. The molecule has 0 aliphatic rings. The Hall–Kier alpha value is -4.16. The van der Waals surface area contributed by atoms with Crippen LogP contribution in [0.1, 0.15) is 20.7 Å². The van der Waals surface area contributed by atoms with Crippen LogP contribution in [0.4, 0.5) is 11.4 Å². The summed E-state index contributed by atoms with van der Waals surface area (Å²) < 4.78 is 9.65. The Morgan fingerprint density at radius 2 is 1.03 bits per heavy atom. The average Bonchev–Trinajstić information content (AvgIpc) is 2.69. The molecule has 12 nitrogen and oxygen atoms in total. The number of carbonyl (C=O) groups is 4. The third kappa shape index (κ3) is 4.63. The van der Waals surface area contributed by atoms with Gasteiger partial charge in [0.05, 0.1) is 22.5 Å². The molecule has 2 rings (SSSR count). The number of aliphatic hydroxyl groups is 2. The molecule has 2 unspecified atom stereocenters. The van der Waals surface area contributed by atoms with Crippen molar-refractivity contribution in [3.8, 4) is 11.5 Å². The van der Waals surface area contributed by atoms with Gasteiger partial charge in [-0.1, -0.05) is 12.1 Å². The van der Waals surface area contributed by atoms with Crippen LogP contribution >= 0.6 is 0 Å². The van der Waals surface area contributed by atoms with E-state index in [1.54, 1.807) is 0 Å². The molecule has 0 saturated carbocycles. The number of benzene rings is 2. The van der Waals surface area contributed by atoms with Crippen LogP contribution in [0.2, 0.25) is 0 Å². The Kier molecular flexibility index (Phi) is 6.56. The highest BCUT2D eigenvalue weighted by Crippen LogP contribution is 2.28. The maximum atomic E-state index is 12.1. The summed E-state index contributed by atoms with van der Waals surface area (Å²) in [6.45, 7) is 0. The largest absolute Gasteiger partial charge is 0.421 e. The smallest absolute Gasteiger partial charge is 0.343 e. The van der Waals surface area contributed by atoms with Gasteiger partial charge in [-0.2, -0.15) is 0 Å². The number of aliphatic hydroxyl groups excluding tert-OH is 2. The maximum absolute atomic E-state index is 12.1. The van der Waals surface area contributed by atoms with Gasteiger partial charge >= 0.3 is 11.9 Å². The fraction of sp³-hybridized carbons (Fsp3) is 0.111. The van der Waals surface area contributed by atoms with Crippen LogP contribution in [0.5, 0.6) is 11.5 Å². The van der Waals surface area contributed by atoms with E-state index >= 15 is 0 Å². The van der Waals surface area contributed by atoms with Gasteiger partial charge in [0, 0.05) is 0 Å². The number of hydrogen-bond donors (Lipinski definition) is 6. The predicted octanol–water partition coefficient (Wildman–Crippen LogP) is -1.72. The molecule has 30 heavy (non-hydrogen) atoms. The number of primary amides is 2. The van der Waals surface area contributed by atoms with Gasteiger partial charge < -0.3 is 42.6 Å². The Labute approximate surface area is 168 Å². The first-order valence-corrected chi connectivity index (χ1v) is 8.20. The summed E-state index contributed by atoms with van der Waals surface area (Å²) in [6.07, 6.45) is -4.89. The summed E-state index contributed by atoms with van der Waals surface area (Å²) >= 11 is 0. The number of ether oxygens (including phenoxy) is 2. The monoisotopic (exact) mass is 418 g/mol. The number of hydrogen-bond acceptors (Lipinski definition) is 10. The van der Waals surface area contributed by atoms with Crippen molar-refractivity contribution in [1.29, 1.82) is 0 Å². The quantitative estimate of drug-likeness (QED) is 0.169. The molecule has 0 aliphatic carbocycles. The van der Waals surface area contributed by atoms with Gasteiger partial charge in [0.2, 0.25) is 0 Å². The molecule has 0 aromatic heterocycles.